The van der Waals surface area contributed by atoms with Gasteiger partial charge < -0.3 is 29.4 Å². The summed E-state index contributed by atoms with van der Waals surface area (Å²) < 4.78 is 41.2. The third-order valence-corrected chi connectivity index (χ3v) is 9.25. The minimum absolute atomic E-state index is 0.00850. The molecule has 4 atom stereocenters. The molecular formula is C32H43N2O10P. The molecule has 1 saturated heterocycles. The van der Waals surface area contributed by atoms with Crippen molar-refractivity contribution in [1.29, 1.82) is 0 Å². The maximum atomic E-state index is 14.1. The summed E-state index contributed by atoms with van der Waals surface area (Å²) in [6.07, 6.45) is 1.35. The number of alkyl carbamates (subject to hydrolysis) is 1. The molecule has 0 spiro atoms. The van der Waals surface area contributed by atoms with Crippen LogP contribution < -0.4 is 10.6 Å². The first-order valence-electron chi connectivity index (χ1n) is 15.3. The van der Waals surface area contributed by atoms with E-state index in [1.165, 1.54) is 0 Å². The molecule has 3 rings (SSSR count). The van der Waals surface area contributed by atoms with Gasteiger partial charge in [0.05, 0.1) is 5.56 Å². The number of carbonyl (C=O) groups is 4. The van der Waals surface area contributed by atoms with E-state index >= 15 is 0 Å². The Morgan fingerprint density at radius 2 is 1.69 bits per heavy atom. The predicted molar refractivity (Wildman–Crippen MR) is 165 cm³/mol. The average molecular weight is 647 g/mol. The number of carbonyl (C=O) groups excluding carboxylic acids is 4. The number of hydrogen-bond donors (Lipinski definition) is 2. The number of nitrogens with one attached hydrogen (secondary N) is 2. The Hall–Kier alpha value is -3.57. The van der Waals surface area contributed by atoms with Crippen LogP contribution in [-0.4, -0.2) is 62.2 Å². The largest absolute Gasteiger partial charge is 0.446 e. The van der Waals surface area contributed by atoms with Gasteiger partial charge in [-0.05, 0) is 69.2 Å². The van der Waals surface area contributed by atoms with Crippen LogP contribution in [0, 0.1) is 0 Å². The molecule has 1 aliphatic heterocycles. The summed E-state index contributed by atoms with van der Waals surface area (Å²) in [6, 6.07) is 16.8. The van der Waals surface area contributed by atoms with Gasteiger partial charge in [-0.25, -0.2) is 19.2 Å². The van der Waals surface area contributed by atoms with Crippen molar-refractivity contribution in [2.45, 2.75) is 82.9 Å². The van der Waals surface area contributed by atoms with Crippen LogP contribution >= 0.6 is 7.60 Å². The number of rotatable bonds is 18. The SMILES string of the molecule is CCCCC(OC(=O)c1ccccc1)P(=O)(OC)OC(CCCCNC(=O)OCc1ccccc1)C(=O)OC(=O)[C@@H]1CCCN1. The number of esters is 3. The molecule has 1 heterocycles. The standard InChI is InChI=1S/C32H43N2O10P/c1-3-4-20-28(42-29(35)25-16-9-6-10-17-25)45(39,40-2)44-27(31(37)43-30(36)26-18-13-22-33-26)19-11-12-21-34-32(38)41-23-24-14-7-5-8-15-24/h5-10,14-17,26-28,33H,3-4,11-13,18-23H2,1-2H3,(H,34,38)/t26-,27?,28?,45?/m0/s1. The molecule has 0 radical (unpaired) electrons. The van der Waals surface area contributed by atoms with Crippen molar-refractivity contribution in [3.05, 3.63) is 71.8 Å². The Morgan fingerprint density at radius 1 is 0.978 bits per heavy atom. The Kier molecular flexibility index (Phi) is 15.2. The number of hydrogen-bond acceptors (Lipinski definition) is 11. The summed E-state index contributed by atoms with van der Waals surface area (Å²) in [7, 11) is -3.11. The smallest absolute Gasteiger partial charge is 0.407 e. The van der Waals surface area contributed by atoms with Gasteiger partial charge in [-0.15, -0.1) is 0 Å². The van der Waals surface area contributed by atoms with Crippen LogP contribution in [0.3, 0.4) is 0 Å². The molecule has 0 saturated carbocycles. The molecule has 1 amide bonds. The van der Waals surface area contributed by atoms with E-state index in [2.05, 4.69) is 10.6 Å². The highest BCUT2D eigenvalue weighted by Crippen LogP contribution is 2.56. The van der Waals surface area contributed by atoms with E-state index in [9.17, 15) is 23.7 Å². The van der Waals surface area contributed by atoms with E-state index < -0.39 is 49.6 Å². The van der Waals surface area contributed by atoms with E-state index in [1.54, 1.807) is 30.3 Å². The van der Waals surface area contributed by atoms with Gasteiger partial charge in [0.1, 0.15) is 12.6 Å². The molecule has 2 aromatic carbocycles. The third kappa shape index (κ3) is 12.0. The van der Waals surface area contributed by atoms with Crippen LogP contribution in [-0.2, 0) is 44.0 Å². The first-order chi connectivity index (χ1) is 21.8. The van der Waals surface area contributed by atoms with Crippen molar-refractivity contribution in [3.63, 3.8) is 0 Å². The highest BCUT2D eigenvalue weighted by Gasteiger charge is 2.43. The number of ether oxygens (including phenoxy) is 3. The molecule has 12 nitrogen and oxygen atoms in total. The molecule has 1 fully saturated rings. The molecule has 0 bridgehead atoms. The first-order valence-corrected chi connectivity index (χ1v) is 16.9. The molecule has 13 heteroatoms. The lowest BCUT2D eigenvalue weighted by Crippen LogP contribution is -2.37. The maximum absolute atomic E-state index is 14.1. The third-order valence-electron chi connectivity index (χ3n) is 7.12. The van der Waals surface area contributed by atoms with Crippen molar-refractivity contribution in [1.82, 2.24) is 10.6 Å². The Balaban J connectivity index is 1.64. The quantitative estimate of drug-likeness (QED) is 0.0693. The lowest BCUT2D eigenvalue weighted by Gasteiger charge is -2.28. The molecule has 2 aromatic rings. The predicted octanol–water partition coefficient (Wildman–Crippen LogP) is 5.50. The monoisotopic (exact) mass is 646 g/mol. The minimum atomic E-state index is -4.26. The minimum Gasteiger partial charge on any atom is -0.446 e. The van der Waals surface area contributed by atoms with Gasteiger partial charge in [0, 0.05) is 13.7 Å². The zero-order valence-corrected chi connectivity index (χ0v) is 26.7. The molecule has 45 heavy (non-hydrogen) atoms. The normalized spacial score (nSPS) is 17.0. The Morgan fingerprint density at radius 3 is 2.33 bits per heavy atom. The average Bonchev–Trinajstić information content (AvgIpc) is 3.61. The van der Waals surface area contributed by atoms with Crippen molar-refractivity contribution < 1.29 is 47.0 Å². The molecule has 3 unspecified atom stereocenters. The van der Waals surface area contributed by atoms with Crippen LogP contribution in [0.25, 0.3) is 0 Å². The van der Waals surface area contributed by atoms with E-state index in [-0.39, 0.29) is 31.6 Å². The summed E-state index contributed by atoms with van der Waals surface area (Å²) in [4.78, 5) is 50.8. The van der Waals surface area contributed by atoms with E-state index in [4.69, 9.17) is 23.3 Å². The summed E-state index contributed by atoms with van der Waals surface area (Å²) in [5, 5.41) is 5.62. The van der Waals surface area contributed by atoms with Crippen LogP contribution in [0.1, 0.15) is 74.2 Å². The summed E-state index contributed by atoms with van der Waals surface area (Å²) in [5.41, 5.74) is 1.10. The summed E-state index contributed by atoms with van der Waals surface area (Å²) in [5.74, 6) is -3.80. The second-order valence-electron chi connectivity index (χ2n) is 10.6. The van der Waals surface area contributed by atoms with Crippen LogP contribution in [0.4, 0.5) is 4.79 Å². The number of benzene rings is 2. The van der Waals surface area contributed by atoms with Gasteiger partial charge >= 0.3 is 31.6 Å². The van der Waals surface area contributed by atoms with Gasteiger partial charge in [0.2, 0.25) is 5.85 Å². The number of unbranched alkanes of at least 4 members (excludes halogenated alkanes) is 2. The fourth-order valence-electron chi connectivity index (χ4n) is 4.59. The van der Waals surface area contributed by atoms with E-state index in [0.29, 0.717) is 38.6 Å². The van der Waals surface area contributed by atoms with Gasteiger partial charge in [0.25, 0.3) is 0 Å². The van der Waals surface area contributed by atoms with Crippen molar-refractivity contribution in [3.8, 4) is 0 Å². The highest BCUT2D eigenvalue weighted by molar-refractivity contribution is 7.54. The highest BCUT2D eigenvalue weighted by atomic mass is 31.2. The molecule has 0 aromatic heterocycles. The fraction of sp³-hybridized carbons (Fsp3) is 0.500. The zero-order chi connectivity index (χ0) is 32.5. The van der Waals surface area contributed by atoms with Crippen molar-refractivity contribution in [2.75, 3.05) is 20.2 Å². The fourth-order valence-corrected chi connectivity index (χ4v) is 6.31. The second kappa shape index (κ2) is 19.1. The lowest BCUT2D eigenvalue weighted by molar-refractivity contribution is -0.166. The molecular weight excluding hydrogens is 603 g/mol. The zero-order valence-electron chi connectivity index (χ0n) is 25.8. The molecule has 246 valence electrons. The van der Waals surface area contributed by atoms with Crippen molar-refractivity contribution in [2.24, 2.45) is 0 Å². The Bertz CT molecular complexity index is 1270. The van der Waals surface area contributed by atoms with Gasteiger partial charge in [-0.3, -0.25) is 9.09 Å². The van der Waals surface area contributed by atoms with Gasteiger partial charge in [-0.2, -0.15) is 0 Å². The van der Waals surface area contributed by atoms with Crippen LogP contribution in [0.5, 0.6) is 0 Å². The topological polar surface area (TPSA) is 156 Å². The van der Waals surface area contributed by atoms with Crippen molar-refractivity contribution >= 4 is 31.6 Å². The van der Waals surface area contributed by atoms with Gasteiger partial charge in [0.15, 0.2) is 6.10 Å². The van der Waals surface area contributed by atoms with E-state index in [0.717, 1.165) is 19.1 Å². The maximum Gasteiger partial charge on any atom is 0.407 e. The Labute approximate surface area is 264 Å². The van der Waals surface area contributed by atoms with Gasteiger partial charge in [-0.1, -0.05) is 61.9 Å². The van der Waals surface area contributed by atoms with Crippen LogP contribution in [0.15, 0.2) is 60.7 Å². The lowest BCUT2D eigenvalue weighted by atomic mass is 10.1. The second-order valence-corrected chi connectivity index (χ2v) is 12.8. The first kappa shape index (κ1) is 35.9. The molecule has 0 aliphatic carbocycles. The number of amides is 1. The van der Waals surface area contributed by atoms with E-state index in [1.807, 2.05) is 37.3 Å². The molecule has 1 aliphatic rings. The summed E-state index contributed by atoms with van der Waals surface area (Å²) in [6.45, 7) is 2.90. The molecule has 2 N–H and O–H groups in total. The summed E-state index contributed by atoms with van der Waals surface area (Å²) >= 11 is 0. The van der Waals surface area contributed by atoms with Crippen LogP contribution in [0.2, 0.25) is 0 Å².